The highest BCUT2D eigenvalue weighted by molar-refractivity contribution is 6.10. The van der Waals surface area contributed by atoms with E-state index in [-0.39, 0.29) is 30.8 Å². The van der Waals surface area contributed by atoms with Gasteiger partial charge in [-0.15, -0.1) is 0 Å². The molecule has 5 heteroatoms. The summed E-state index contributed by atoms with van der Waals surface area (Å²) >= 11 is 0. The van der Waals surface area contributed by atoms with E-state index in [4.69, 9.17) is 9.47 Å². The van der Waals surface area contributed by atoms with Crippen molar-refractivity contribution in [3.8, 4) is 0 Å². The molecule has 1 saturated heterocycles. The molecule has 23 heavy (non-hydrogen) atoms. The zero-order chi connectivity index (χ0) is 16.4. The zero-order valence-corrected chi connectivity index (χ0v) is 12.9. The van der Waals surface area contributed by atoms with E-state index in [2.05, 4.69) is 0 Å². The Morgan fingerprint density at radius 2 is 1.96 bits per heavy atom. The number of esters is 1. The largest absolute Gasteiger partial charge is 0.467 e. The van der Waals surface area contributed by atoms with Crippen LogP contribution in [-0.4, -0.2) is 36.4 Å². The molecule has 0 radical (unpaired) electrons. The average Bonchev–Trinajstić information content (AvgIpc) is 2.90. The van der Waals surface area contributed by atoms with E-state index in [1.165, 1.54) is 7.11 Å². The Balaban J connectivity index is 2.16. The lowest BCUT2D eigenvalue weighted by Gasteiger charge is -2.31. The van der Waals surface area contributed by atoms with Gasteiger partial charge in [0.1, 0.15) is 5.78 Å². The molecule has 1 aromatic carbocycles. The summed E-state index contributed by atoms with van der Waals surface area (Å²) in [4.78, 5) is 37.1. The first-order valence-electron chi connectivity index (χ1n) is 7.60. The van der Waals surface area contributed by atoms with Crippen molar-refractivity contribution in [1.29, 1.82) is 0 Å². The Kier molecular flexibility index (Phi) is 4.13. The molecule has 0 saturated carbocycles. The van der Waals surface area contributed by atoms with Crippen LogP contribution in [0.5, 0.6) is 0 Å². The standard InChI is InChI=1S/C18H18O5/c1-22-17(21)18-15(12-6-3-2-4-7-12)9-5-8-13(19)10-14(23-18)11-16(18)20/h2-7,9,14-15H,8,10-11H2,1H3/b9-5-/t14-,15-,18-/m0/s1. The van der Waals surface area contributed by atoms with Crippen LogP contribution in [0.4, 0.5) is 0 Å². The van der Waals surface area contributed by atoms with Gasteiger partial charge in [-0.2, -0.15) is 0 Å². The summed E-state index contributed by atoms with van der Waals surface area (Å²) in [6, 6.07) is 9.20. The molecule has 1 fully saturated rings. The van der Waals surface area contributed by atoms with Crippen LogP contribution in [0, 0.1) is 0 Å². The fraction of sp³-hybridized carbons (Fsp3) is 0.389. The molecule has 0 unspecified atom stereocenters. The molecule has 0 N–H and O–H groups in total. The molecule has 3 atom stereocenters. The third-order valence-corrected chi connectivity index (χ3v) is 4.39. The normalized spacial score (nSPS) is 31.9. The highest BCUT2D eigenvalue weighted by atomic mass is 16.6. The van der Waals surface area contributed by atoms with E-state index < -0.39 is 23.6 Å². The number of carbonyl (C=O) groups excluding carboxylic acids is 3. The van der Waals surface area contributed by atoms with Crippen molar-refractivity contribution < 1.29 is 23.9 Å². The SMILES string of the molecule is COC(=O)[C@]12O[C@@H](CC(=O)C/C=C\[C@H]1c1ccccc1)CC2=O. The van der Waals surface area contributed by atoms with Crippen molar-refractivity contribution in [3.63, 3.8) is 0 Å². The lowest BCUT2D eigenvalue weighted by molar-refractivity contribution is -0.173. The van der Waals surface area contributed by atoms with Gasteiger partial charge >= 0.3 is 5.97 Å². The first-order chi connectivity index (χ1) is 11.1. The van der Waals surface area contributed by atoms with Crippen molar-refractivity contribution >= 4 is 17.5 Å². The number of carbonyl (C=O) groups is 3. The summed E-state index contributed by atoms with van der Waals surface area (Å²) in [5, 5.41) is 0. The van der Waals surface area contributed by atoms with Crippen molar-refractivity contribution in [2.24, 2.45) is 0 Å². The molecule has 2 heterocycles. The maximum atomic E-state index is 12.7. The number of Topliss-reactive ketones (excluding diaryl/α,β-unsaturated/α-hetero) is 2. The van der Waals surface area contributed by atoms with E-state index in [9.17, 15) is 14.4 Å². The highest BCUT2D eigenvalue weighted by Gasteiger charge is 2.59. The van der Waals surface area contributed by atoms with Crippen LogP contribution in [0.1, 0.15) is 30.7 Å². The number of hydrogen-bond acceptors (Lipinski definition) is 5. The topological polar surface area (TPSA) is 69.7 Å². The smallest absolute Gasteiger partial charge is 0.346 e. The number of methoxy groups -OCH3 is 1. The number of allylic oxidation sites excluding steroid dienone is 1. The Morgan fingerprint density at radius 1 is 1.22 bits per heavy atom. The van der Waals surface area contributed by atoms with Gasteiger partial charge in [-0.25, -0.2) is 4.79 Å². The Hall–Kier alpha value is -2.27. The van der Waals surface area contributed by atoms with Crippen molar-refractivity contribution in [2.45, 2.75) is 36.9 Å². The number of rotatable bonds is 2. The number of benzene rings is 1. The van der Waals surface area contributed by atoms with Crippen LogP contribution in [0.25, 0.3) is 0 Å². The van der Waals surface area contributed by atoms with Crippen LogP contribution < -0.4 is 0 Å². The molecule has 0 aromatic heterocycles. The van der Waals surface area contributed by atoms with Crippen molar-refractivity contribution in [2.75, 3.05) is 7.11 Å². The second-order valence-electron chi connectivity index (χ2n) is 5.86. The Labute approximate surface area is 134 Å². The van der Waals surface area contributed by atoms with Gasteiger partial charge in [0, 0.05) is 25.2 Å². The fourth-order valence-corrected chi connectivity index (χ4v) is 3.34. The summed E-state index contributed by atoms with van der Waals surface area (Å²) in [5.74, 6) is -1.66. The number of hydrogen-bond donors (Lipinski definition) is 0. The van der Waals surface area contributed by atoms with Gasteiger partial charge in [0.05, 0.1) is 13.2 Å². The maximum Gasteiger partial charge on any atom is 0.346 e. The van der Waals surface area contributed by atoms with Gasteiger partial charge in [-0.1, -0.05) is 42.5 Å². The quantitative estimate of drug-likeness (QED) is 0.474. The summed E-state index contributed by atoms with van der Waals surface area (Å²) in [5.41, 5.74) is -0.931. The lowest BCUT2D eigenvalue weighted by atomic mass is 9.78. The summed E-state index contributed by atoms with van der Waals surface area (Å²) in [6.07, 6.45) is 3.32. The molecule has 0 aliphatic carbocycles. The molecule has 0 spiro atoms. The third-order valence-electron chi connectivity index (χ3n) is 4.39. The summed E-state index contributed by atoms with van der Waals surface area (Å²) in [6.45, 7) is 0. The van der Waals surface area contributed by atoms with Gasteiger partial charge in [-0.3, -0.25) is 9.59 Å². The second kappa shape index (κ2) is 6.08. The third kappa shape index (κ3) is 2.61. The minimum Gasteiger partial charge on any atom is -0.467 e. The minimum absolute atomic E-state index is 0.00609. The van der Waals surface area contributed by atoms with Crippen molar-refractivity contribution in [1.82, 2.24) is 0 Å². The second-order valence-corrected chi connectivity index (χ2v) is 5.86. The van der Waals surface area contributed by atoms with Crippen molar-refractivity contribution in [3.05, 3.63) is 48.0 Å². The number of fused-ring (bicyclic) bond motifs is 2. The van der Waals surface area contributed by atoms with Gasteiger partial charge in [0.15, 0.2) is 5.78 Å². The van der Waals surface area contributed by atoms with E-state index in [1.807, 2.05) is 30.3 Å². The van der Waals surface area contributed by atoms with E-state index in [0.717, 1.165) is 5.56 Å². The molecule has 0 amide bonds. The summed E-state index contributed by atoms with van der Waals surface area (Å²) in [7, 11) is 1.24. The highest BCUT2D eigenvalue weighted by Crippen LogP contribution is 2.43. The van der Waals surface area contributed by atoms with Gasteiger partial charge in [-0.05, 0) is 5.56 Å². The van der Waals surface area contributed by atoms with Crippen LogP contribution in [0.2, 0.25) is 0 Å². The molecule has 120 valence electrons. The summed E-state index contributed by atoms with van der Waals surface area (Å²) < 4.78 is 10.8. The molecule has 2 bridgehead atoms. The molecule has 2 aliphatic heterocycles. The Bertz CT molecular complexity index is 663. The predicted molar refractivity (Wildman–Crippen MR) is 81.8 cm³/mol. The average molecular weight is 314 g/mol. The fourth-order valence-electron chi connectivity index (χ4n) is 3.34. The molecular weight excluding hydrogens is 296 g/mol. The minimum atomic E-state index is -1.71. The van der Waals surface area contributed by atoms with Crippen LogP contribution in [0.15, 0.2) is 42.5 Å². The number of ketones is 2. The lowest BCUT2D eigenvalue weighted by Crippen LogP contribution is -2.50. The monoisotopic (exact) mass is 314 g/mol. The first-order valence-corrected chi connectivity index (χ1v) is 7.60. The van der Waals surface area contributed by atoms with Crippen LogP contribution in [0.3, 0.4) is 0 Å². The van der Waals surface area contributed by atoms with Crippen LogP contribution in [-0.2, 0) is 23.9 Å². The molecule has 5 nitrogen and oxygen atoms in total. The van der Waals surface area contributed by atoms with E-state index in [0.29, 0.717) is 0 Å². The van der Waals surface area contributed by atoms with Gasteiger partial charge in [0.2, 0.25) is 5.60 Å². The van der Waals surface area contributed by atoms with Crippen LogP contribution >= 0.6 is 0 Å². The first kappa shape index (κ1) is 15.6. The molecule has 1 aromatic rings. The zero-order valence-electron chi connectivity index (χ0n) is 12.9. The number of ether oxygens (including phenoxy) is 2. The predicted octanol–water partition coefficient (Wildman–Crippen LogP) is 1.96. The molecular formula is C18H18O5. The molecule has 2 aliphatic rings. The Morgan fingerprint density at radius 3 is 2.65 bits per heavy atom. The van der Waals surface area contributed by atoms with Gasteiger partial charge in [0.25, 0.3) is 0 Å². The van der Waals surface area contributed by atoms with E-state index >= 15 is 0 Å². The van der Waals surface area contributed by atoms with Gasteiger partial charge < -0.3 is 9.47 Å². The maximum absolute atomic E-state index is 12.7. The molecule has 3 rings (SSSR count). The van der Waals surface area contributed by atoms with E-state index in [1.54, 1.807) is 12.2 Å².